The first-order chi connectivity index (χ1) is 15.3. The van der Waals surface area contributed by atoms with E-state index in [2.05, 4.69) is 0 Å². The molecular weight excluding hydrogens is 463 g/mol. The SMILES string of the molecule is CCCCN(CC=O)C(=O)OCN(c1ccc(F)cc1Cl)S(=O)(=O)C1CCCC=C1C=O. The van der Waals surface area contributed by atoms with Crippen LogP contribution in [0, 0.1) is 5.82 Å². The molecule has 0 saturated carbocycles. The van der Waals surface area contributed by atoms with E-state index in [1.165, 1.54) is 0 Å². The molecule has 0 N–H and O–H groups in total. The first kappa shape index (κ1) is 25.8. The second kappa shape index (κ2) is 12.0. The van der Waals surface area contributed by atoms with Gasteiger partial charge in [0.25, 0.3) is 0 Å². The van der Waals surface area contributed by atoms with E-state index in [-0.39, 0.29) is 35.8 Å². The highest BCUT2D eigenvalue weighted by Crippen LogP contribution is 2.33. The normalized spacial score (nSPS) is 16.1. The molecule has 1 aliphatic rings. The van der Waals surface area contributed by atoms with Gasteiger partial charge in [0.15, 0.2) is 6.73 Å². The fourth-order valence-electron chi connectivity index (χ4n) is 3.33. The van der Waals surface area contributed by atoms with Crippen molar-refractivity contribution in [2.75, 3.05) is 24.1 Å². The van der Waals surface area contributed by atoms with Crippen LogP contribution in [0.25, 0.3) is 0 Å². The third kappa shape index (κ3) is 6.29. The minimum atomic E-state index is -4.26. The zero-order chi connectivity index (χ0) is 23.7. The number of hydrogen-bond donors (Lipinski definition) is 0. The number of allylic oxidation sites excluding steroid dienone is 1. The number of amides is 1. The van der Waals surface area contributed by atoms with Crippen molar-refractivity contribution in [2.24, 2.45) is 0 Å². The Morgan fingerprint density at radius 2 is 2.09 bits per heavy atom. The van der Waals surface area contributed by atoms with Crippen LogP contribution in [0.15, 0.2) is 29.8 Å². The predicted molar refractivity (Wildman–Crippen MR) is 118 cm³/mol. The van der Waals surface area contributed by atoms with E-state index >= 15 is 0 Å². The third-order valence-electron chi connectivity index (χ3n) is 5.04. The highest BCUT2D eigenvalue weighted by molar-refractivity contribution is 7.93. The van der Waals surface area contributed by atoms with Crippen molar-refractivity contribution in [3.63, 3.8) is 0 Å². The van der Waals surface area contributed by atoms with Crippen LogP contribution in [0.1, 0.15) is 39.0 Å². The van der Waals surface area contributed by atoms with Crippen molar-refractivity contribution >= 4 is 46.0 Å². The zero-order valence-corrected chi connectivity index (χ0v) is 19.3. The van der Waals surface area contributed by atoms with Crippen molar-refractivity contribution in [1.82, 2.24) is 4.90 Å². The molecule has 1 aromatic rings. The molecule has 2 rings (SSSR count). The maximum absolute atomic E-state index is 13.6. The number of anilines is 1. The number of nitrogens with zero attached hydrogens (tertiary/aromatic N) is 2. The number of aldehydes is 2. The Kier molecular flexibility index (Phi) is 9.64. The zero-order valence-electron chi connectivity index (χ0n) is 17.7. The summed E-state index contributed by atoms with van der Waals surface area (Å²) in [6.45, 7) is 1.22. The number of carbonyl (C=O) groups excluding carboxylic acids is 3. The summed E-state index contributed by atoms with van der Waals surface area (Å²) in [5.41, 5.74) is 0.0172. The molecule has 8 nitrogen and oxygen atoms in total. The summed E-state index contributed by atoms with van der Waals surface area (Å²) >= 11 is 6.11. The minimum absolute atomic E-state index is 0.0906. The van der Waals surface area contributed by atoms with E-state index in [4.69, 9.17) is 16.3 Å². The highest BCUT2D eigenvalue weighted by atomic mass is 35.5. The lowest BCUT2D eigenvalue weighted by molar-refractivity contribution is -0.108. The first-order valence-electron chi connectivity index (χ1n) is 10.2. The number of halogens is 2. The van der Waals surface area contributed by atoms with Crippen molar-refractivity contribution in [3.8, 4) is 0 Å². The quantitative estimate of drug-likeness (QED) is 0.348. The highest BCUT2D eigenvalue weighted by Gasteiger charge is 2.37. The Balaban J connectivity index is 2.38. The molecular formula is C21H26ClFN2O6S. The maximum atomic E-state index is 13.6. The number of rotatable bonds is 11. The number of carbonyl (C=O) groups is 3. The van der Waals surface area contributed by atoms with E-state index in [0.717, 1.165) is 33.8 Å². The Morgan fingerprint density at radius 3 is 2.72 bits per heavy atom. The Bertz CT molecular complexity index is 969. The summed E-state index contributed by atoms with van der Waals surface area (Å²) < 4.78 is 46.5. The van der Waals surface area contributed by atoms with Crippen LogP contribution in [0.2, 0.25) is 5.02 Å². The number of benzene rings is 1. The summed E-state index contributed by atoms with van der Waals surface area (Å²) in [7, 11) is -4.26. The Labute approximate surface area is 192 Å². The molecule has 1 amide bonds. The molecule has 1 unspecified atom stereocenters. The van der Waals surface area contributed by atoms with Gasteiger partial charge in [0.1, 0.15) is 23.6 Å². The number of unbranched alkanes of at least 4 members (excludes halogenated alkanes) is 1. The average Bonchev–Trinajstić information content (AvgIpc) is 2.77. The van der Waals surface area contributed by atoms with Gasteiger partial charge in [0.05, 0.1) is 17.3 Å². The van der Waals surface area contributed by atoms with Gasteiger partial charge in [0.2, 0.25) is 10.0 Å². The van der Waals surface area contributed by atoms with Crippen molar-refractivity contribution in [3.05, 3.63) is 40.7 Å². The van der Waals surface area contributed by atoms with Gasteiger partial charge in [-0.1, -0.05) is 31.0 Å². The van der Waals surface area contributed by atoms with E-state index in [1.807, 2.05) is 6.92 Å². The van der Waals surface area contributed by atoms with Gasteiger partial charge in [-0.05, 0) is 43.9 Å². The lowest BCUT2D eigenvalue weighted by Crippen LogP contribution is -2.44. The predicted octanol–water partition coefficient (Wildman–Crippen LogP) is 3.69. The second-order valence-corrected chi connectivity index (χ2v) is 9.68. The summed E-state index contributed by atoms with van der Waals surface area (Å²) in [5.74, 6) is -0.670. The van der Waals surface area contributed by atoms with Crippen LogP contribution in [-0.4, -0.2) is 57.1 Å². The number of hydrogen-bond acceptors (Lipinski definition) is 6. The molecule has 0 aliphatic heterocycles. The number of ether oxygens (including phenoxy) is 1. The molecule has 0 radical (unpaired) electrons. The van der Waals surface area contributed by atoms with Crippen LogP contribution < -0.4 is 4.31 Å². The van der Waals surface area contributed by atoms with Gasteiger partial charge in [-0.15, -0.1) is 0 Å². The Hall–Kier alpha value is -2.46. The minimum Gasteiger partial charge on any atom is -0.427 e. The molecule has 176 valence electrons. The standard InChI is InChI=1S/C21H26ClFN2O6S/c1-2-3-10-24(11-12-26)21(28)31-15-25(19-9-8-17(23)13-18(19)22)32(29,30)20-7-5-4-6-16(20)14-27/h6,8-9,12-14,20H,2-5,7,10-11,15H2,1H3. The Morgan fingerprint density at radius 1 is 1.34 bits per heavy atom. The van der Waals surface area contributed by atoms with Gasteiger partial charge in [-0.25, -0.2) is 21.9 Å². The van der Waals surface area contributed by atoms with E-state index in [0.29, 0.717) is 31.8 Å². The number of sulfonamides is 1. The van der Waals surface area contributed by atoms with Gasteiger partial charge in [-0.3, -0.25) is 4.79 Å². The van der Waals surface area contributed by atoms with Gasteiger partial charge in [-0.2, -0.15) is 0 Å². The molecule has 1 aromatic carbocycles. The van der Waals surface area contributed by atoms with Crippen LogP contribution >= 0.6 is 11.6 Å². The second-order valence-electron chi connectivity index (χ2n) is 7.24. The van der Waals surface area contributed by atoms with Crippen LogP contribution in [-0.2, 0) is 24.3 Å². The van der Waals surface area contributed by atoms with Gasteiger partial charge < -0.3 is 14.4 Å². The largest absolute Gasteiger partial charge is 0.427 e. The molecule has 32 heavy (non-hydrogen) atoms. The average molecular weight is 489 g/mol. The summed E-state index contributed by atoms with van der Waals surface area (Å²) in [6, 6.07) is 3.14. The summed E-state index contributed by atoms with van der Waals surface area (Å²) in [4.78, 5) is 36.0. The molecule has 0 aromatic heterocycles. The molecule has 1 aliphatic carbocycles. The molecule has 0 fully saturated rings. The van der Waals surface area contributed by atoms with Gasteiger partial charge in [0, 0.05) is 12.1 Å². The lowest BCUT2D eigenvalue weighted by atomic mass is 10.0. The molecule has 11 heteroatoms. The van der Waals surface area contributed by atoms with Crippen molar-refractivity contribution in [1.29, 1.82) is 0 Å². The summed E-state index contributed by atoms with van der Waals surface area (Å²) in [5, 5.41) is -1.35. The first-order valence-corrected chi connectivity index (χ1v) is 12.1. The fourth-order valence-corrected chi connectivity index (χ4v) is 5.55. The monoisotopic (exact) mass is 488 g/mol. The summed E-state index contributed by atoms with van der Waals surface area (Å²) in [6.07, 6.45) is 4.45. The van der Waals surface area contributed by atoms with Crippen molar-refractivity contribution in [2.45, 2.75) is 44.3 Å². The van der Waals surface area contributed by atoms with Gasteiger partial charge >= 0.3 is 6.09 Å². The lowest BCUT2D eigenvalue weighted by Gasteiger charge is -2.31. The third-order valence-corrected chi connectivity index (χ3v) is 7.49. The van der Waals surface area contributed by atoms with E-state index < -0.39 is 33.9 Å². The van der Waals surface area contributed by atoms with Crippen molar-refractivity contribution < 1.29 is 31.9 Å². The van der Waals surface area contributed by atoms with E-state index in [1.54, 1.807) is 6.08 Å². The van der Waals surface area contributed by atoms with Crippen LogP contribution in [0.5, 0.6) is 0 Å². The molecule has 0 heterocycles. The topological polar surface area (TPSA) is 101 Å². The van der Waals surface area contributed by atoms with E-state index in [9.17, 15) is 27.2 Å². The molecule has 0 spiro atoms. The van der Waals surface area contributed by atoms with Crippen LogP contribution in [0.4, 0.5) is 14.9 Å². The maximum Gasteiger partial charge on any atom is 0.411 e. The fraction of sp³-hybridized carbons (Fsp3) is 0.476. The molecule has 1 atom stereocenters. The molecule has 0 saturated heterocycles. The molecule has 0 bridgehead atoms. The van der Waals surface area contributed by atoms with Crippen LogP contribution in [0.3, 0.4) is 0 Å². The smallest absolute Gasteiger partial charge is 0.411 e.